The maximum atomic E-state index is 13.5. The van der Waals surface area contributed by atoms with Crippen molar-refractivity contribution >= 4 is 29.9 Å². The highest BCUT2D eigenvalue weighted by molar-refractivity contribution is 14.0. The van der Waals surface area contributed by atoms with Crippen LogP contribution in [0.5, 0.6) is 0 Å². The summed E-state index contributed by atoms with van der Waals surface area (Å²) >= 11 is 0. The molecule has 5 nitrogen and oxygen atoms in total. The normalized spacial score (nSPS) is 11.9. The molecular formula is C16H19F5IN5. The van der Waals surface area contributed by atoms with Crippen LogP contribution in [0.3, 0.4) is 0 Å². The molecule has 0 atom stereocenters. The molecule has 2 rings (SSSR count). The molecule has 0 aliphatic carbocycles. The monoisotopic (exact) mass is 503 g/mol. The van der Waals surface area contributed by atoms with Crippen LogP contribution < -0.4 is 10.6 Å². The molecule has 0 radical (unpaired) electrons. The van der Waals surface area contributed by atoms with E-state index in [2.05, 4.69) is 20.7 Å². The zero-order valence-corrected chi connectivity index (χ0v) is 16.9. The number of aromatic nitrogens is 2. The van der Waals surface area contributed by atoms with Crippen LogP contribution in [0.1, 0.15) is 16.8 Å². The average Bonchev–Trinajstić information content (AvgIpc) is 2.95. The summed E-state index contributed by atoms with van der Waals surface area (Å²) in [6.07, 6.45) is -3.10. The number of guanidine groups is 1. The summed E-state index contributed by atoms with van der Waals surface area (Å²) < 4.78 is 66.5. The summed E-state index contributed by atoms with van der Waals surface area (Å²) in [5.41, 5.74) is -0.802. The molecule has 2 N–H and O–H groups in total. The van der Waals surface area contributed by atoms with Gasteiger partial charge in [0.05, 0.1) is 0 Å². The van der Waals surface area contributed by atoms with Crippen LogP contribution in [-0.4, -0.2) is 29.3 Å². The molecule has 1 aromatic heterocycles. The second-order valence-corrected chi connectivity index (χ2v) is 5.51. The Labute approximate surface area is 170 Å². The predicted molar refractivity (Wildman–Crippen MR) is 102 cm³/mol. The first-order valence-electron chi connectivity index (χ1n) is 7.69. The summed E-state index contributed by atoms with van der Waals surface area (Å²) in [4.78, 5) is 3.89. The molecule has 0 bridgehead atoms. The molecule has 0 spiro atoms. The fourth-order valence-electron chi connectivity index (χ4n) is 2.36. The van der Waals surface area contributed by atoms with Crippen LogP contribution in [0.2, 0.25) is 0 Å². The third kappa shape index (κ3) is 6.63. The summed E-state index contributed by atoms with van der Waals surface area (Å²) in [5.74, 6) is -0.833. The molecule has 11 heteroatoms. The standard InChI is InChI=1S/C16H18F5N5.HI/c1-22-15(23-6-5-10-7-12(17)3-4-13(10)18)24-8-11-9-26(2)25-14(11)16(19,20)21;/h3-4,7,9H,5-6,8H2,1-2H3,(H2,22,23,24);1H. The van der Waals surface area contributed by atoms with Crippen LogP contribution in [-0.2, 0) is 26.2 Å². The quantitative estimate of drug-likeness (QED) is 0.285. The number of hydrogen-bond donors (Lipinski definition) is 2. The van der Waals surface area contributed by atoms with Gasteiger partial charge in [0.2, 0.25) is 0 Å². The SMILES string of the molecule is CN=C(NCCc1cc(F)ccc1F)NCc1cn(C)nc1C(F)(F)F.I. The molecule has 150 valence electrons. The van der Waals surface area contributed by atoms with Crippen LogP contribution in [0.4, 0.5) is 22.0 Å². The van der Waals surface area contributed by atoms with E-state index in [1.807, 2.05) is 0 Å². The van der Waals surface area contributed by atoms with Crippen LogP contribution >= 0.6 is 24.0 Å². The van der Waals surface area contributed by atoms with E-state index in [1.165, 1.54) is 20.3 Å². The lowest BCUT2D eigenvalue weighted by Gasteiger charge is -2.12. The van der Waals surface area contributed by atoms with Gasteiger partial charge >= 0.3 is 6.18 Å². The van der Waals surface area contributed by atoms with E-state index in [1.54, 1.807) is 0 Å². The van der Waals surface area contributed by atoms with Crippen molar-refractivity contribution in [2.24, 2.45) is 12.0 Å². The van der Waals surface area contributed by atoms with Gasteiger partial charge in [0.15, 0.2) is 11.7 Å². The van der Waals surface area contributed by atoms with E-state index in [-0.39, 0.29) is 60.6 Å². The van der Waals surface area contributed by atoms with Gasteiger partial charge in [0.1, 0.15) is 11.6 Å². The summed E-state index contributed by atoms with van der Waals surface area (Å²) in [7, 11) is 2.85. The Balaban J connectivity index is 0.00000364. The number of halogens is 6. The van der Waals surface area contributed by atoms with Gasteiger partial charge in [-0.3, -0.25) is 9.67 Å². The minimum Gasteiger partial charge on any atom is -0.356 e. The van der Waals surface area contributed by atoms with Crippen LogP contribution in [0.25, 0.3) is 0 Å². The zero-order chi connectivity index (χ0) is 19.3. The first-order chi connectivity index (χ1) is 12.2. The van der Waals surface area contributed by atoms with Gasteiger partial charge in [0, 0.05) is 38.9 Å². The summed E-state index contributed by atoms with van der Waals surface area (Å²) in [6.45, 7) is 0.0793. The van der Waals surface area contributed by atoms with E-state index in [4.69, 9.17) is 0 Å². The van der Waals surface area contributed by atoms with E-state index in [9.17, 15) is 22.0 Å². The number of alkyl halides is 3. The Morgan fingerprint density at radius 2 is 1.89 bits per heavy atom. The van der Waals surface area contributed by atoms with Crippen molar-refractivity contribution in [1.29, 1.82) is 0 Å². The second-order valence-electron chi connectivity index (χ2n) is 5.51. The third-order valence-corrected chi connectivity index (χ3v) is 3.54. The summed E-state index contributed by atoms with van der Waals surface area (Å²) in [6, 6.07) is 3.16. The highest BCUT2D eigenvalue weighted by Crippen LogP contribution is 2.30. The lowest BCUT2D eigenvalue weighted by molar-refractivity contribution is -0.142. The van der Waals surface area contributed by atoms with E-state index in [0.29, 0.717) is 0 Å². The third-order valence-electron chi connectivity index (χ3n) is 3.54. The minimum absolute atomic E-state index is 0. The fraction of sp³-hybridized carbons (Fsp3) is 0.375. The van der Waals surface area contributed by atoms with Crippen molar-refractivity contribution in [2.75, 3.05) is 13.6 Å². The molecule has 2 aromatic rings. The fourth-order valence-corrected chi connectivity index (χ4v) is 2.36. The Hall–Kier alpha value is -1.92. The average molecular weight is 503 g/mol. The number of rotatable bonds is 5. The highest BCUT2D eigenvalue weighted by atomic mass is 127. The van der Waals surface area contributed by atoms with Gasteiger partial charge < -0.3 is 10.6 Å². The Morgan fingerprint density at radius 1 is 1.19 bits per heavy atom. The largest absolute Gasteiger partial charge is 0.435 e. The Kier molecular flexibility index (Phi) is 8.44. The number of nitrogens with one attached hydrogen (secondary N) is 2. The summed E-state index contributed by atoms with van der Waals surface area (Å²) in [5, 5.41) is 9.00. The Bertz CT molecular complexity index is 788. The molecule has 1 heterocycles. The van der Waals surface area contributed by atoms with Crippen molar-refractivity contribution < 1.29 is 22.0 Å². The minimum atomic E-state index is -4.55. The number of benzene rings is 1. The smallest absolute Gasteiger partial charge is 0.356 e. The van der Waals surface area contributed by atoms with Crippen molar-refractivity contribution in [2.45, 2.75) is 19.1 Å². The van der Waals surface area contributed by atoms with Gasteiger partial charge in [-0.05, 0) is 30.2 Å². The maximum Gasteiger partial charge on any atom is 0.435 e. The van der Waals surface area contributed by atoms with Crippen LogP contribution in [0.15, 0.2) is 29.4 Å². The first kappa shape index (κ1) is 23.1. The lowest BCUT2D eigenvalue weighted by atomic mass is 10.1. The number of hydrogen-bond acceptors (Lipinski definition) is 2. The first-order valence-corrected chi connectivity index (χ1v) is 7.69. The lowest BCUT2D eigenvalue weighted by Crippen LogP contribution is -2.38. The van der Waals surface area contributed by atoms with E-state index in [0.717, 1.165) is 22.9 Å². The highest BCUT2D eigenvalue weighted by Gasteiger charge is 2.36. The van der Waals surface area contributed by atoms with Crippen LogP contribution in [0, 0.1) is 11.6 Å². The van der Waals surface area contributed by atoms with Crippen molar-refractivity contribution in [3.05, 3.63) is 52.9 Å². The van der Waals surface area contributed by atoms with Gasteiger partial charge in [-0.15, -0.1) is 24.0 Å². The van der Waals surface area contributed by atoms with E-state index < -0.39 is 23.5 Å². The van der Waals surface area contributed by atoms with Gasteiger partial charge in [0.25, 0.3) is 0 Å². The van der Waals surface area contributed by atoms with Crippen molar-refractivity contribution in [3.63, 3.8) is 0 Å². The number of aliphatic imine (C=N–C) groups is 1. The second kappa shape index (κ2) is 9.85. The molecular weight excluding hydrogens is 484 g/mol. The zero-order valence-electron chi connectivity index (χ0n) is 14.6. The molecule has 0 saturated heterocycles. The van der Waals surface area contributed by atoms with Gasteiger partial charge in [-0.1, -0.05) is 0 Å². The molecule has 0 aliphatic rings. The molecule has 0 saturated carbocycles. The maximum absolute atomic E-state index is 13.5. The molecule has 0 amide bonds. The molecule has 0 aliphatic heterocycles. The number of aryl methyl sites for hydroxylation is 1. The predicted octanol–water partition coefficient (Wildman–Crippen LogP) is 3.24. The topological polar surface area (TPSA) is 54.2 Å². The van der Waals surface area contributed by atoms with Gasteiger partial charge in [-0.2, -0.15) is 18.3 Å². The molecule has 0 unspecified atom stereocenters. The molecule has 1 aromatic carbocycles. The Morgan fingerprint density at radius 3 is 2.52 bits per heavy atom. The van der Waals surface area contributed by atoms with E-state index >= 15 is 0 Å². The van der Waals surface area contributed by atoms with Gasteiger partial charge in [-0.25, -0.2) is 8.78 Å². The number of nitrogens with zero attached hydrogens (tertiary/aromatic N) is 3. The van der Waals surface area contributed by atoms with Crippen molar-refractivity contribution in [1.82, 2.24) is 20.4 Å². The molecule has 0 fully saturated rings. The van der Waals surface area contributed by atoms with Crippen molar-refractivity contribution in [3.8, 4) is 0 Å². The molecule has 27 heavy (non-hydrogen) atoms.